The average molecular weight is 495 g/mol. The zero-order valence-corrected chi connectivity index (χ0v) is 19.3. The van der Waals surface area contributed by atoms with Gasteiger partial charge in [-0.1, -0.05) is 6.92 Å². The summed E-state index contributed by atoms with van der Waals surface area (Å²) in [5.41, 5.74) is 0. The van der Waals surface area contributed by atoms with Crippen LogP contribution in [0, 0.1) is 17.6 Å². The van der Waals surface area contributed by atoms with Gasteiger partial charge in [0.15, 0.2) is 17.4 Å². The minimum atomic E-state index is -3.99. The molecule has 0 aliphatic carbocycles. The average Bonchev–Trinajstić information content (AvgIpc) is 3.52. The molecule has 182 valence electrons. The lowest BCUT2D eigenvalue weighted by Crippen LogP contribution is -2.44. The number of furan rings is 1. The number of aromatic nitrogens is 2. The van der Waals surface area contributed by atoms with Crippen LogP contribution in [0.3, 0.4) is 0 Å². The monoisotopic (exact) mass is 494 g/mol. The summed E-state index contributed by atoms with van der Waals surface area (Å²) < 4.78 is 64.4. The van der Waals surface area contributed by atoms with E-state index in [0.29, 0.717) is 37.6 Å². The lowest BCUT2D eigenvalue weighted by Gasteiger charge is -2.33. The van der Waals surface area contributed by atoms with Crippen molar-refractivity contribution >= 4 is 15.9 Å². The Hall–Kier alpha value is -3.12. The zero-order chi connectivity index (χ0) is 24.3. The molecule has 3 aromatic rings. The summed E-state index contributed by atoms with van der Waals surface area (Å²) in [6, 6.07) is 5.89. The molecule has 2 aromatic heterocycles. The Labute approximate surface area is 195 Å². The Kier molecular flexibility index (Phi) is 7.08. The van der Waals surface area contributed by atoms with E-state index in [1.165, 1.54) is 10.6 Å². The van der Waals surface area contributed by atoms with Crippen LogP contribution >= 0.6 is 0 Å². The minimum Gasteiger partial charge on any atom is -0.459 e. The maximum atomic E-state index is 13.5. The first kappa shape index (κ1) is 24.0. The predicted molar refractivity (Wildman–Crippen MR) is 116 cm³/mol. The Morgan fingerprint density at radius 1 is 1.18 bits per heavy atom. The first-order chi connectivity index (χ1) is 16.3. The number of sulfonamides is 1. The largest absolute Gasteiger partial charge is 0.459 e. The van der Waals surface area contributed by atoms with Crippen molar-refractivity contribution in [1.82, 2.24) is 19.4 Å². The molecule has 1 saturated heterocycles. The topological polar surface area (TPSA) is 110 Å². The highest BCUT2D eigenvalue weighted by Crippen LogP contribution is 2.27. The van der Waals surface area contributed by atoms with Crippen molar-refractivity contribution in [1.29, 1.82) is 0 Å². The molecule has 3 heterocycles. The predicted octanol–water partition coefficient (Wildman–Crippen LogP) is 3.45. The number of hydrogen-bond donors (Lipinski definition) is 0. The van der Waals surface area contributed by atoms with Gasteiger partial charge in [0.25, 0.3) is 5.89 Å². The normalized spacial score (nSPS) is 15.5. The molecule has 0 spiro atoms. The van der Waals surface area contributed by atoms with Gasteiger partial charge < -0.3 is 13.7 Å². The van der Waals surface area contributed by atoms with E-state index in [1.807, 2.05) is 6.92 Å². The van der Waals surface area contributed by atoms with Crippen molar-refractivity contribution in [2.75, 3.05) is 19.6 Å². The van der Waals surface area contributed by atoms with Gasteiger partial charge in [-0.3, -0.25) is 4.79 Å². The minimum absolute atomic E-state index is 0.0981. The van der Waals surface area contributed by atoms with Gasteiger partial charge in [0.1, 0.15) is 0 Å². The van der Waals surface area contributed by atoms with Crippen LogP contribution < -0.4 is 0 Å². The second-order valence-electron chi connectivity index (χ2n) is 7.99. The van der Waals surface area contributed by atoms with Crippen molar-refractivity contribution in [2.45, 2.75) is 37.6 Å². The SMILES string of the molecule is CCCN(Cc1nnc(-c2ccco2)o1)C(=O)C1CCN(S(=O)(=O)c2ccc(F)c(F)c2)CC1. The van der Waals surface area contributed by atoms with E-state index in [-0.39, 0.29) is 48.1 Å². The number of halogens is 2. The molecule has 0 atom stereocenters. The third kappa shape index (κ3) is 5.02. The van der Waals surface area contributed by atoms with Crippen LogP contribution in [0.15, 0.2) is 50.3 Å². The molecule has 0 radical (unpaired) electrons. The zero-order valence-electron chi connectivity index (χ0n) is 18.5. The van der Waals surface area contributed by atoms with Crippen LogP contribution in [-0.2, 0) is 21.4 Å². The molecule has 4 rings (SSSR count). The summed E-state index contributed by atoms with van der Waals surface area (Å²) >= 11 is 0. The summed E-state index contributed by atoms with van der Waals surface area (Å²) in [6.07, 6.45) is 2.83. The Balaban J connectivity index is 1.40. The van der Waals surface area contributed by atoms with E-state index in [0.717, 1.165) is 12.1 Å². The number of hydrogen-bond acceptors (Lipinski definition) is 7. The number of piperidine rings is 1. The molecule has 0 unspecified atom stereocenters. The second-order valence-corrected chi connectivity index (χ2v) is 9.93. The van der Waals surface area contributed by atoms with Gasteiger partial charge in [0.2, 0.25) is 21.8 Å². The Morgan fingerprint density at radius 2 is 1.94 bits per heavy atom. The highest BCUT2D eigenvalue weighted by Gasteiger charge is 2.34. The molecule has 34 heavy (non-hydrogen) atoms. The third-order valence-electron chi connectivity index (χ3n) is 5.66. The molecule has 1 aliphatic rings. The van der Waals surface area contributed by atoms with Crippen LogP contribution in [-0.4, -0.2) is 53.4 Å². The van der Waals surface area contributed by atoms with E-state index in [1.54, 1.807) is 17.0 Å². The summed E-state index contributed by atoms with van der Waals surface area (Å²) in [6.45, 7) is 2.75. The summed E-state index contributed by atoms with van der Waals surface area (Å²) in [5.74, 6) is -1.91. The summed E-state index contributed by atoms with van der Waals surface area (Å²) in [5, 5.41) is 7.95. The molecule has 12 heteroatoms. The fourth-order valence-corrected chi connectivity index (χ4v) is 5.39. The van der Waals surface area contributed by atoms with Gasteiger partial charge in [0, 0.05) is 25.6 Å². The molecular formula is C22H24F2N4O5S. The maximum Gasteiger partial charge on any atom is 0.283 e. The fraction of sp³-hybridized carbons (Fsp3) is 0.409. The molecule has 0 bridgehead atoms. The third-order valence-corrected chi connectivity index (χ3v) is 7.56. The van der Waals surface area contributed by atoms with E-state index < -0.39 is 21.7 Å². The van der Waals surface area contributed by atoms with Crippen LogP contribution in [0.1, 0.15) is 32.1 Å². The number of carbonyl (C=O) groups excluding carboxylic acids is 1. The van der Waals surface area contributed by atoms with Gasteiger partial charge in [-0.05, 0) is 49.6 Å². The standard InChI is InChI=1S/C22H24F2N4O5S/c1-2-9-27(14-20-25-26-21(33-20)19-4-3-12-32-19)22(29)15-7-10-28(11-8-15)34(30,31)16-5-6-17(23)18(24)13-16/h3-6,12-13,15H,2,7-11,14H2,1H3. The van der Waals surface area contributed by atoms with Crippen molar-refractivity contribution in [3.63, 3.8) is 0 Å². The van der Waals surface area contributed by atoms with Gasteiger partial charge in [-0.15, -0.1) is 10.2 Å². The number of carbonyl (C=O) groups is 1. The first-order valence-electron chi connectivity index (χ1n) is 10.9. The van der Waals surface area contributed by atoms with Crippen molar-refractivity contribution in [3.05, 3.63) is 54.1 Å². The van der Waals surface area contributed by atoms with E-state index in [4.69, 9.17) is 8.83 Å². The highest BCUT2D eigenvalue weighted by atomic mass is 32.2. The molecule has 1 aromatic carbocycles. The number of rotatable bonds is 8. The van der Waals surface area contributed by atoms with Gasteiger partial charge in [-0.25, -0.2) is 17.2 Å². The van der Waals surface area contributed by atoms with Crippen molar-refractivity contribution in [3.8, 4) is 11.7 Å². The maximum absolute atomic E-state index is 13.5. The molecule has 1 fully saturated rings. The lowest BCUT2D eigenvalue weighted by atomic mass is 9.96. The molecule has 0 N–H and O–H groups in total. The fourth-order valence-electron chi connectivity index (χ4n) is 3.91. The second kappa shape index (κ2) is 10.0. The molecule has 1 aliphatic heterocycles. The Bertz CT molecular complexity index is 1240. The Morgan fingerprint density at radius 3 is 2.59 bits per heavy atom. The summed E-state index contributed by atoms with van der Waals surface area (Å²) in [7, 11) is -3.99. The van der Waals surface area contributed by atoms with E-state index >= 15 is 0 Å². The first-order valence-corrected chi connectivity index (χ1v) is 12.3. The number of amides is 1. The van der Waals surface area contributed by atoms with Crippen LogP contribution in [0.5, 0.6) is 0 Å². The van der Waals surface area contributed by atoms with Crippen LogP contribution in [0.25, 0.3) is 11.7 Å². The molecule has 1 amide bonds. The van der Waals surface area contributed by atoms with Crippen molar-refractivity contribution < 1.29 is 30.8 Å². The van der Waals surface area contributed by atoms with Gasteiger partial charge in [-0.2, -0.15) is 4.31 Å². The highest BCUT2D eigenvalue weighted by molar-refractivity contribution is 7.89. The summed E-state index contributed by atoms with van der Waals surface area (Å²) in [4.78, 5) is 14.5. The van der Waals surface area contributed by atoms with Crippen LogP contribution in [0.4, 0.5) is 8.78 Å². The molecule has 9 nitrogen and oxygen atoms in total. The van der Waals surface area contributed by atoms with Gasteiger partial charge >= 0.3 is 0 Å². The smallest absolute Gasteiger partial charge is 0.283 e. The van der Waals surface area contributed by atoms with Crippen molar-refractivity contribution in [2.24, 2.45) is 5.92 Å². The van der Waals surface area contributed by atoms with E-state index in [9.17, 15) is 22.0 Å². The van der Waals surface area contributed by atoms with Gasteiger partial charge in [0.05, 0.1) is 17.7 Å². The number of benzene rings is 1. The molecule has 0 saturated carbocycles. The van der Waals surface area contributed by atoms with E-state index in [2.05, 4.69) is 10.2 Å². The molecular weight excluding hydrogens is 470 g/mol. The number of nitrogens with zero attached hydrogens (tertiary/aromatic N) is 4. The lowest BCUT2D eigenvalue weighted by molar-refractivity contribution is -0.137. The van der Waals surface area contributed by atoms with Crippen LogP contribution in [0.2, 0.25) is 0 Å². The quantitative estimate of drug-likeness (QED) is 0.472.